The third-order valence-electron chi connectivity index (χ3n) is 6.56. The molecule has 2 aromatic heterocycles. The van der Waals surface area contributed by atoms with Crippen molar-refractivity contribution in [3.63, 3.8) is 0 Å². The first kappa shape index (κ1) is 17.3. The van der Waals surface area contributed by atoms with Gasteiger partial charge in [0.15, 0.2) is 6.17 Å². The summed E-state index contributed by atoms with van der Waals surface area (Å²) in [7, 11) is -2.61. The van der Waals surface area contributed by atoms with E-state index in [4.69, 9.17) is 13.6 Å². The van der Waals surface area contributed by atoms with Crippen molar-refractivity contribution in [3.8, 4) is 39.9 Å². The summed E-state index contributed by atoms with van der Waals surface area (Å²) in [6.07, 6.45) is 0.360. The summed E-state index contributed by atoms with van der Waals surface area (Å²) >= 11 is 0. The maximum absolute atomic E-state index is 15.0. The Kier molecular flexibility index (Phi) is 4.01. The van der Waals surface area contributed by atoms with Gasteiger partial charge in [-0.2, -0.15) is 0 Å². The van der Waals surface area contributed by atoms with E-state index in [1.807, 2.05) is 13.8 Å². The minimum Gasteiger partial charge on any atom is -0.507 e. The standard InChI is InChI=1S/C24H25FN4O3/c1-23-12-24(2,27-13-23)21(25)22(23)32-19-7-6-17(28-29-19)16-5-4-14(10-18(16)30)15-8-9-26-20(11-15)31-3/h4-11,21-22,27,30H,12-13H2,1-3H3/t21-,22+,23-,24-/m1/s1/i3D3. The Balaban J connectivity index is 1.33. The number of halogens is 1. The van der Waals surface area contributed by atoms with E-state index in [0.29, 0.717) is 35.3 Å². The molecule has 0 spiro atoms. The molecule has 0 amide bonds. The van der Waals surface area contributed by atoms with Crippen molar-refractivity contribution in [1.82, 2.24) is 20.5 Å². The number of aromatic nitrogens is 3. The second kappa shape index (κ2) is 7.41. The molecular weight excluding hydrogens is 411 g/mol. The normalized spacial score (nSPS) is 30.4. The first-order chi connectivity index (χ1) is 16.5. The number of methoxy groups -OCH3 is 1. The largest absolute Gasteiger partial charge is 0.507 e. The van der Waals surface area contributed by atoms with E-state index in [1.165, 1.54) is 18.3 Å². The molecule has 2 bridgehead atoms. The van der Waals surface area contributed by atoms with E-state index >= 15 is 0 Å². The Morgan fingerprint density at radius 1 is 1.12 bits per heavy atom. The van der Waals surface area contributed by atoms with Crippen LogP contribution in [0.4, 0.5) is 4.39 Å². The molecule has 0 unspecified atom stereocenters. The molecule has 1 saturated carbocycles. The molecule has 0 radical (unpaired) electrons. The fraction of sp³-hybridized carbons (Fsp3) is 0.375. The number of hydrogen-bond donors (Lipinski definition) is 2. The smallest absolute Gasteiger partial charge is 0.233 e. The summed E-state index contributed by atoms with van der Waals surface area (Å²) in [4.78, 5) is 3.91. The molecular formula is C24H25FN4O3. The average molecular weight is 440 g/mol. The predicted molar refractivity (Wildman–Crippen MR) is 117 cm³/mol. The number of piperidine rings is 1. The van der Waals surface area contributed by atoms with Gasteiger partial charge in [0.05, 0.1) is 22.4 Å². The number of ether oxygens (including phenoxy) is 2. The highest BCUT2D eigenvalue weighted by Gasteiger charge is 2.64. The number of nitrogens with zero attached hydrogens (tertiary/aromatic N) is 3. The van der Waals surface area contributed by atoms with Crippen molar-refractivity contribution in [2.24, 2.45) is 5.41 Å². The summed E-state index contributed by atoms with van der Waals surface area (Å²) in [5.41, 5.74) is 1.23. The Bertz CT molecular complexity index is 1260. The number of aromatic hydroxyl groups is 1. The predicted octanol–water partition coefficient (Wildman–Crippen LogP) is 3.78. The van der Waals surface area contributed by atoms with Crippen LogP contribution < -0.4 is 14.8 Å². The molecule has 1 aromatic carbocycles. The molecule has 8 heteroatoms. The van der Waals surface area contributed by atoms with Gasteiger partial charge < -0.3 is 19.9 Å². The second-order valence-corrected chi connectivity index (χ2v) is 9.02. The van der Waals surface area contributed by atoms with Crippen molar-refractivity contribution in [1.29, 1.82) is 0 Å². The summed E-state index contributed by atoms with van der Waals surface area (Å²) in [5, 5.41) is 22.2. The zero-order valence-corrected chi connectivity index (χ0v) is 17.7. The molecule has 1 aliphatic heterocycles. The van der Waals surface area contributed by atoms with Crippen molar-refractivity contribution in [3.05, 3.63) is 48.7 Å². The SMILES string of the molecule is [2H]C([2H])([2H])Oc1cc(-c2ccc(-c3ccc(O[C@H]4[C@@H](F)[C@@]5(C)C[C@]4(C)CN5)nn3)c(O)c2)ccn1. The van der Waals surface area contributed by atoms with Crippen LogP contribution in [0.25, 0.3) is 22.4 Å². The molecule has 2 aliphatic rings. The molecule has 4 atom stereocenters. The lowest BCUT2D eigenvalue weighted by molar-refractivity contribution is 0.00666. The molecule has 1 saturated heterocycles. The third-order valence-corrected chi connectivity index (χ3v) is 6.56. The molecule has 3 heterocycles. The number of benzene rings is 1. The van der Waals surface area contributed by atoms with E-state index in [2.05, 4.69) is 20.5 Å². The van der Waals surface area contributed by atoms with Crippen LogP contribution in [0.2, 0.25) is 0 Å². The first-order valence-corrected chi connectivity index (χ1v) is 10.3. The number of phenols is 1. The second-order valence-electron chi connectivity index (χ2n) is 9.02. The van der Waals surface area contributed by atoms with E-state index in [0.717, 1.165) is 0 Å². The highest BCUT2D eigenvalue weighted by Crippen LogP contribution is 2.51. The van der Waals surface area contributed by atoms with Gasteiger partial charge in [0.25, 0.3) is 0 Å². The monoisotopic (exact) mass is 439 g/mol. The van der Waals surface area contributed by atoms with E-state index in [-0.39, 0.29) is 22.9 Å². The van der Waals surface area contributed by atoms with Gasteiger partial charge >= 0.3 is 0 Å². The molecule has 2 N–H and O–H groups in total. The van der Waals surface area contributed by atoms with Gasteiger partial charge in [-0.3, -0.25) is 0 Å². The maximum atomic E-state index is 15.0. The van der Waals surface area contributed by atoms with Crippen molar-refractivity contribution >= 4 is 0 Å². The summed E-state index contributed by atoms with van der Waals surface area (Å²) in [5.74, 6) is 0.148. The quantitative estimate of drug-likeness (QED) is 0.625. The highest BCUT2D eigenvalue weighted by atomic mass is 19.1. The fourth-order valence-corrected chi connectivity index (χ4v) is 4.88. The lowest BCUT2D eigenvalue weighted by atomic mass is 9.87. The van der Waals surface area contributed by atoms with Crippen LogP contribution >= 0.6 is 0 Å². The van der Waals surface area contributed by atoms with Crippen LogP contribution in [0.3, 0.4) is 0 Å². The van der Waals surface area contributed by atoms with Gasteiger partial charge in [0.2, 0.25) is 11.8 Å². The molecule has 5 rings (SSSR count). The number of nitrogens with one attached hydrogen (secondary N) is 1. The van der Waals surface area contributed by atoms with Crippen molar-refractivity contribution < 1.29 is 23.1 Å². The van der Waals surface area contributed by atoms with Gasteiger partial charge in [-0.1, -0.05) is 13.0 Å². The minimum absolute atomic E-state index is 0.0380. The van der Waals surface area contributed by atoms with Crippen LogP contribution in [0.15, 0.2) is 48.7 Å². The number of pyridine rings is 1. The average Bonchev–Trinajstić information content (AvgIpc) is 3.21. The minimum atomic E-state index is -2.61. The van der Waals surface area contributed by atoms with E-state index < -0.39 is 24.9 Å². The number of alkyl halides is 1. The molecule has 7 nitrogen and oxygen atoms in total. The maximum Gasteiger partial charge on any atom is 0.233 e. The molecule has 1 aliphatic carbocycles. The topological polar surface area (TPSA) is 89.4 Å². The zero-order valence-electron chi connectivity index (χ0n) is 20.7. The Morgan fingerprint density at radius 2 is 1.97 bits per heavy atom. The fourth-order valence-electron chi connectivity index (χ4n) is 4.88. The molecule has 3 aromatic rings. The van der Waals surface area contributed by atoms with Gasteiger partial charge in [-0.05, 0) is 48.7 Å². The van der Waals surface area contributed by atoms with Crippen LogP contribution in [-0.2, 0) is 0 Å². The molecule has 2 fully saturated rings. The summed E-state index contributed by atoms with van der Waals surface area (Å²) < 4.78 is 47.4. The van der Waals surface area contributed by atoms with Gasteiger partial charge in [0, 0.05) is 35.9 Å². The Labute approximate surface area is 189 Å². The van der Waals surface area contributed by atoms with Gasteiger partial charge in [-0.25, -0.2) is 9.37 Å². The number of phenolic OH excluding ortho intramolecular Hbond substituents is 1. The van der Waals surface area contributed by atoms with Crippen molar-refractivity contribution in [2.45, 2.75) is 38.1 Å². The van der Waals surface area contributed by atoms with Crippen LogP contribution in [-0.4, -0.2) is 51.7 Å². The van der Waals surface area contributed by atoms with Gasteiger partial charge in [0.1, 0.15) is 11.9 Å². The first-order valence-electron chi connectivity index (χ1n) is 11.8. The Morgan fingerprint density at radius 3 is 2.66 bits per heavy atom. The molecule has 32 heavy (non-hydrogen) atoms. The number of fused-ring (bicyclic) bond motifs is 2. The van der Waals surface area contributed by atoms with Crippen molar-refractivity contribution in [2.75, 3.05) is 13.6 Å². The van der Waals surface area contributed by atoms with Crippen LogP contribution in [0.5, 0.6) is 17.5 Å². The summed E-state index contributed by atoms with van der Waals surface area (Å²) in [6, 6.07) is 11.4. The lowest BCUT2D eigenvalue weighted by Gasteiger charge is -2.35. The van der Waals surface area contributed by atoms with E-state index in [1.54, 1.807) is 30.3 Å². The number of rotatable bonds is 5. The third kappa shape index (κ3) is 3.35. The number of hydrogen-bond acceptors (Lipinski definition) is 7. The van der Waals surface area contributed by atoms with Crippen LogP contribution in [0.1, 0.15) is 24.4 Å². The lowest BCUT2D eigenvalue weighted by Crippen LogP contribution is -2.55. The Hall–Kier alpha value is -3.26. The van der Waals surface area contributed by atoms with E-state index in [9.17, 15) is 9.50 Å². The highest BCUT2D eigenvalue weighted by molar-refractivity contribution is 5.74. The zero-order chi connectivity index (χ0) is 25.0. The summed E-state index contributed by atoms with van der Waals surface area (Å²) in [6.45, 7) is 4.57. The molecule has 166 valence electrons. The van der Waals surface area contributed by atoms with Crippen LogP contribution in [0, 0.1) is 5.41 Å². The van der Waals surface area contributed by atoms with Gasteiger partial charge in [-0.15, -0.1) is 10.2 Å².